The number of carbonyl (C=O) groups is 1. The first kappa shape index (κ1) is 19.0. The molecule has 3 heteroatoms. The highest BCUT2D eigenvalue weighted by molar-refractivity contribution is 5.94. The van der Waals surface area contributed by atoms with Crippen LogP contribution in [-0.2, 0) is 11.2 Å². The first-order valence-electron chi connectivity index (χ1n) is 10.8. The van der Waals surface area contributed by atoms with Gasteiger partial charge in [0.15, 0.2) is 0 Å². The Labute approximate surface area is 168 Å². The second kappa shape index (κ2) is 7.98. The van der Waals surface area contributed by atoms with Gasteiger partial charge < -0.3 is 10.6 Å². The summed E-state index contributed by atoms with van der Waals surface area (Å²) in [5.74, 6) is 1.98. The number of amides is 1. The van der Waals surface area contributed by atoms with Gasteiger partial charge in [0.05, 0.1) is 0 Å². The summed E-state index contributed by atoms with van der Waals surface area (Å²) in [6.45, 7) is 4.57. The molecule has 1 unspecified atom stereocenters. The van der Waals surface area contributed by atoms with Gasteiger partial charge in [0, 0.05) is 24.8 Å². The van der Waals surface area contributed by atoms with Gasteiger partial charge in [-0.05, 0) is 83.9 Å². The van der Waals surface area contributed by atoms with Crippen LogP contribution in [0.3, 0.4) is 0 Å². The molecule has 0 bridgehead atoms. The van der Waals surface area contributed by atoms with E-state index in [4.69, 9.17) is 0 Å². The molecule has 2 aromatic rings. The third kappa shape index (κ3) is 3.80. The third-order valence-corrected chi connectivity index (χ3v) is 6.57. The molecule has 148 valence electrons. The molecule has 1 amide bonds. The van der Waals surface area contributed by atoms with Crippen molar-refractivity contribution in [2.24, 2.45) is 11.8 Å². The molecule has 4 rings (SSSR count). The number of rotatable bonds is 6. The molecule has 2 atom stereocenters. The van der Waals surface area contributed by atoms with Crippen molar-refractivity contribution in [1.82, 2.24) is 0 Å². The molecule has 3 nitrogen and oxygen atoms in total. The summed E-state index contributed by atoms with van der Waals surface area (Å²) in [5, 5.41) is 6.54. The minimum absolute atomic E-state index is 0.155. The Hall–Kier alpha value is -2.29. The van der Waals surface area contributed by atoms with Gasteiger partial charge in [-0.25, -0.2) is 0 Å². The molecule has 28 heavy (non-hydrogen) atoms. The van der Waals surface area contributed by atoms with Crippen LogP contribution < -0.4 is 10.6 Å². The summed E-state index contributed by atoms with van der Waals surface area (Å²) >= 11 is 0. The maximum atomic E-state index is 12.4. The molecule has 2 aromatic carbocycles. The minimum atomic E-state index is 0.155. The highest BCUT2D eigenvalue weighted by Gasteiger charge is 2.30. The van der Waals surface area contributed by atoms with E-state index in [2.05, 4.69) is 60.9 Å². The van der Waals surface area contributed by atoms with E-state index < -0.39 is 0 Å². The lowest BCUT2D eigenvalue weighted by Crippen LogP contribution is -2.13. The summed E-state index contributed by atoms with van der Waals surface area (Å²) in [7, 11) is 2.01. The summed E-state index contributed by atoms with van der Waals surface area (Å²) in [5.41, 5.74) is 7.49. The number of anilines is 2. The highest BCUT2D eigenvalue weighted by Crippen LogP contribution is 2.45. The van der Waals surface area contributed by atoms with Crippen LogP contribution in [0.1, 0.15) is 63.0 Å². The molecule has 0 aromatic heterocycles. The predicted octanol–water partition coefficient (Wildman–Crippen LogP) is 6.21. The Morgan fingerprint density at radius 3 is 2.71 bits per heavy atom. The molecule has 1 saturated carbocycles. The normalized spacial score (nSPS) is 20.1. The summed E-state index contributed by atoms with van der Waals surface area (Å²) < 4.78 is 0. The smallest absolute Gasteiger partial charge is 0.224 e. The fourth-order valence-electron chi connectivity index (χ4n) is 4.82. The van der Waals surface area contributed by atoms with E-state index in [1.807, 2.05) is 7.05 Å². The molecule has 2 N–H and O–H groups in total. The van der Waals surface area contributed by atoms with Crippen LogP contribution >= 0.6 is 0 Å². The molecule has 1 aliphatic heterocycles. The van der Waals surface area contributed by atoms with Crippen molar-refractivity contribution in [2.45, 2.75) is 58.3 Å². The lowest BCUT2D eigenvalue weighted by Gasteiger charge is -2.20. The number of benzene rings is 2. The quantitative estimate of drug-likeness (QED) is 0.629. The molecular weight excluding hydrogens is 344 g/mol. The topological polar surface area (TPSA) is 41.1 Å². The lowest BCUT2D eigenvalue weighted by atomic mass is 9.86. The monoisotopic (exact) mass is 376 g/mol. The van der Waals surface area contributed by atoms with Crippen LogP contribution in [0.25, 0.3) is 11.1 Å². The van der Waals surface area contributed by atoms with Crippen LogP contribution in [-0.4, -0.2) is 13.0 Å². The third-order valence-electron chi connectivity index (χ3n) is 6.57. The first-order valence-corrected chi connectivity index (χ1v) is 10.8. The molecule has 1 aliphatic carbocycles. The van der Waals surface area contributed by atoms with Crippen molar-refractivity contribution >= 4 is 17.3 Å². The van der Waals surface area contributed by atoms with Gasteiger partial charge in [0.25, 0.3) is 0 Å². The molecule has 0 spiro atoms. The second-order valence-corrected chi connectivity index (χ2v) is 8.62. The maximum absolute atomic E-state index is 12.4. The molecule has 2 aliphatic rings. The zero-order chi connectivity index (χ0) is 19.7. The van der Waals surface area contributed by atoms with Crippen molar-refractivity contribution in [3.8, 4) is 11.1 Å². The van der Waals surface area contributed by atoms with Crippen molar-refractivity contribution in [1.29, 1.82) is 0 Å². The summed E-state index contributed by atoms with van der Waals surface area (Å²) in [6, 6.07) is 13.2. The average molecular weight is 377 g/mol. The van der Waals surface area contributed by atoms with Gasteiger partial charge in [0.1, 0.15) is 0 Å². The largest absolute Gasteiger partial charge is 0.388 e. The van der Waals surface area contributed by atoms with Crippen molar-refractivity contribution in [2.75, 3.05) is 17.7 Å². The van der Waals surface area contributed by atoms with E-state index in [1.165, 1.54) is 40.8 Å². The number of hydrogen-bond acceptors (Lipinski definition) is 2. The van der Waals surface area contributed by atoms with E-state index in [9.17, 15) is 4.79 Å². The van der Waals surface area contributed by atoms with Gasteiger partial charge in [-0.15, -0.1) is 0 Å². The number of hydrogen-bond donors (Lipinski definition) is 2. The Morgan fingerprint density at radius 1 is 1.18 bits per heavy atom. The van der Waals surface area contributed by atoms with Crippen molar-refractivity contribution < 1.29 is 4.79 Å². The fourth-order valence-corrected chi connectivity index (χ4v) is 4.82. The molecule has 1 fully saturated rings. The Bertz CT molecular complexity index is 869. The highest BCUT2D eigenvalue weighted by atomic mass is 16.1. The Kier molecular flexibility index (Phi) is 5.43. The molecule has 0 saturated heterocycles. The Balaban J connectivity index is 1.77. The maximum Gasteiger partial charge on any atom is 0.224 e. The van der Waals surface area contributed by atoms with Crippen LogP contribution in [0.4, 0.5) is 11.4 Å². The number of nitrogens with one attached hydrogen (secondary N) is 2. The molecule has 1 heterocycles. The first-order chi connectivity index (χ1) is 13.6. The summed E-state index contributed by atoms with van der Waals surface area (Å²) in [4.78, 5) is 12.4. The summed E-state index contributed by atoms with van der Waals surface area (Å²) in [6.07, 6.45) is 6.52. The van der Waals surface area contributed by atoms with Gasteiger partial charge in [-0.1, -0.05) is 38.5 Å². The van der Waals surface area contributed by atoms with Crippen LogP contribution in [0.15, 0.2) is 36.4 Å². The Morgan fingerprint density at radius 2 is 2.00 bits per heavy atom. The average Bonchev–Trinajstić information content (AvgIpc) is 3.54. The van der Waals surface area contributed by atoms with Gasteiger partial charge in [0.2, 0.25) is 5.91 Å². The van der Waals surface area contributed by atoms with E-state index in [0.29, 0.717) is 18.3 Å². The number of fused-ring (bicyclic) bond motifs is 1. The van der Waals surface area contributed by atoms with Crippen molar-refractivity contribution in [3.63, 3.8) is 0 Å². The minimum Gasteiger partial charge on any atom is -0.388 e. The lowest BCUT2D eigenvalue weighted by molar-refractivity contribution is -0.117. The van der Waals surface area contributed by atoms with Gasteiger partial charge in [-0.2, -0.15) is 0 Å². The van der Waals surface area contributed by atoms with E-state index in [0.717, 1.165) is 30.9 Å². The van der Waals surface area contributed by atoms with Crippen LogP contribution in [0.2, 0.25) is 0 Å². The molecular formula is C25H32N2O. The SMILES string of the molecule is CCC[C@H]1CC(=O)Nc2cccc(-c3ccc(NC)c(C(C)C4CC4)c3)c2C1. The van der Waals surface area contributed by atoms with E-state index in [-0.39, 0.29) is 5.91 Å². The van der Waals surface area contributed by atoms with Gasteiger partial charge in [-0.3, -0.25) is 4.79 Å². The van der Waals surface area contributed by atoms with Crippen LogP contribution in [0, 0.1) is 11.8 Å². The zero-order valence-corrected chi connectivity index (χ0v) is 17.3. The zero-order valence-electron chi connectivity index (χ0n) is 17.3. The second-order valence-electron chi connectivity index (χ2n) is 8.62. The standard InChI is InChI=1S/C25H32N2O/c1-4-6-17-13-22-20(7-5-8-24(22)27-25(28)14-17)19-11-12-23(26-3)21(15-19)16(2)18-9-10-18/h5,7-8,11-12,15-18,26H,4,6,9-10,13-14H2,1-3H3,(H,27,28)/t16?,17-/m1/s1. The van der Waals surface area contributed by atoms with E-state index in [1.54, 1.807) is 0 Å². The fraction of sp³-hybridized carbons (Fsp3) is 0.480. The predicted molar refractivity (Wildman–Crippen MR) is 118 cm³/mol. The van der Waals surface area contributed by atoms with Crippen LogP contribution in [0.5, 0.6) is 0 Å². The van der Waals surface area contributed by atoms with E-state index >= 15 is 0 Å². The van der Waals surface area contributed by atoms with Gasteiger partial charge >= 0.3 is 0 Å². The molecule has 0 radical (unpaired) electrons. The van der Waals surface area contributed by atoms with Crippen molar-refractivity contribution in [3.05, 3.63) is 47.5 Å². The number of carbonyl (C=O) groups excluding carboxylic acids is 1.